The Bertz CT molecular complexity index is 535. The first-order valence-electron chi connectivity index (χ1n) is 8.45. The summed E-state index contributed by atoms with van der Waals surface area (Å²) in [4.78, 5) is 2.52. The molecule has 1 fully saturated rings. The average Bonchev–Trinajstić information content (AvgIpc) is 2.96. The van der Waals surface area contributed by atoms with E-state index in [1.165, 1.54) is 5.57 Å². The molecule has 0 radical (unpaired) electrons. The Morgan fingerprint density at radius 2 is 2.30 bits per heavy atom. The van der Waals surface area contributed by atoms with Crippen LogP contribution in [0.15, 0.2) is 48.3 Å². The molecule has 0 aromatic rings. The number of ether oxygens (including phenoxy) is 3. The molecule has 2 unspecified atom stereocenters. The van der Waals surface area contributed by atoms with Crippen molar-refractivity contribution < 1.29 is 14.2 Å². The fourth-order valence-electron chi connectivity index (χ4n) is 3.70. The Kier molecular flexibility index (Phi) is 5.23. The van der Waals surface area contributed by atoms with Crippen molar-refractivity contribution in [2.24, 2.45) is 5.41 Å². The molecule has 1 saturated heterocycles. The van der Waals surface area contributed by atoms with Crippen LogP contribution in [0.3, 0.4) is 0 Å². The van der Waals surface area contributed by atoms with Crippen molar-refractivity contribution in [1.29, 1.82) is 0 Å². The lowest BCUT2D eigenvalue weighted by Crippen LogP contribution is -2.38. The highest BCUT2D eigenvalue weighted by atomic mass is 16.5. The molecule has 0 saturated carbocycles. The number of allylic oxidation sites excluding steroid dienone is 3. The summed E-state index contributed by atoms with van der Waals surface area (Å²) in [5.74, 6) is 0.907. The van der Waals surface area contributed by atoms with Crippen LogP contribution in [0.5, 0.6) is 0 Å². The highest BCUT2D eigenvalue weighted by Gasteiger charge is 2.39. The summed E-state index contributed by atoms with van der Waals surface area (Å²) in [5, 5.41) is 0. The summed E-state index contributed by atoms with van der Waals surface area (Å²) in [5.41, 5.74) is 1.71. The van der Waals surface area contributed by atoms with Gasteiger partial charge in [0.1, 0.15) is 18.8 Å². The van der Waals surface area contributed by atoms with E-state index in [9.17, 15) is 0 Å². The maximum atomic E-state index is 5.76. The van der Waals surface area contributed by atoms with Gasteiger partial charge in [0.2, 0.25) is 0 Å². The van der Waals surface area contributed by atoms with E-state index in [0.29, 0.717) is 0 Å². The van der Waals surface area contributed by atoms with E-state index < -0.39 is 0 Å². The Hall–Kier alpha value is -1.52. The van der Waals surface area contributed by atoms with Crippen LogP contribution in [0.1, 0.15) is 32.6 Å². The molecule has 2 aliphatic heterocycles. The van der Waals surface area contributed by atoms with Gasteiger partial charge >= 0.3 is 0 Å². The smallest absolute Gasteiger partial charge is 0.156 e. The van der Waals surface area contributed by atoms with Crippen LogP contribution in [0.4, 0.5) is 0 Å². The third kappa shape index (κ3) is 4.06. The molecule has 0 spiro atoms. The second-order valence-electron chi connectivity index (χ2n) is 7.02. The SMILES string of the molecule is COCC1(C)CCN(C(CC2=CC=CCC2)C2=COC=CO2)C1. The second kappa shape index (κ2) is 7.37. The fraction of sp³-hybridized carbons (Fsp3) is 0.579. The molecule has 0 bridgehead atoms. The number of rotatable bonds is 6. The first-order valence-corrected chi connectivity index (χ1v) is 8.45. The third-order valence-electron chi connectivity index (χ3n) is 4.93. The maximum absolute atomic E-state index is 5.76. The van der Waals surface area contributed by atoms with Crippen LogP contribution in [0.2, 0.25) is 0 Å². The Morgan fingerprint density at radius 3 is 3.00 bits per heavy atom. The molecule has 0 N–H and O–H groups in total. The van der Waals surface area contributed by atoms with Crippen LogP contribution >= 0.6 is 0 Å². The van der Waals surface area contributed by atoms with Crippen molar-refractivity contribution in [3.63, 3.8) is 0 Å². The molecular formula is C19H27NO3. The zero-order valence-electron chi connectivity index (χ0n) is 14.2. The monoisotopic (exact) mass is 317 g/mol. The van der Waals surface area contributed by atoms with Gasteiger partial charge in [0.25, 0.3) is 0 Å². The molecule has 2 heterocycles. The van der Waals surface area contributed by atoms with Gasteiger partial charge in [-0.25, -0.2) is 0 Å². The molecule has 3 rings (SSSR count). The molecule has 4 heteroatoms. The number of methoxy groups -OCH3 is 1. The maximum Gasteiger partial charge on any atom is 0.156 e. The van der Waals surface area contributed by atoms with Gasteiger partial charge < -0.3 is 14.2 Å². The molecule has 0 amide bonds. The second-order valence-corrected chi connectivity index (χ2v) is 7.02. The number of hydrogen-bond acceptors (Lipinski definition) is 4. The van der Waals surface area contributed by atoms with E-state index in [1.54, 1.807) is 25.9 Å². The predicted octanol–water partition coefficient (Wildman–Crippen LogP) is 3.74. The number of nitrogens with zero attached hydrogens (tertiary/aromatic N) is 1. The van der Waals surface area contributed by atoms with Gasteiger partial charge in [-0.15, -0.1) is 0 Å². The highest BCUT2D eigenvalue weighted by molar-refractivity contribution is 5.21. The first kappa shape index (κ1) is 16.3. The van der Waals surface area contributed by atoms with E-state index in [0.717, 1.165) is 51.1 Å². The summed E-state index contributed by atoms with van der Waals surface area (Å²) in [6.45, 7) is 5.21. The van der Waals surface area contributed by atoms with Crippen LogP contribution in [-0.2, 0) is 14.2 Å². The zero-order valence-corrected chi connectivity index (χ0v) is 14.2. The lowest BCUT2D eigenvalue weighted by Gasteiger charge is -2.32. The minimum atomic E-state index is 0.222. The molecular weight excluding hydrogens is 290 g/mol. The van der Waals surface area contributed by atoms with Crippen molar-refractivity contribution in [3.8, 4) is 0 Å². The van der Waals surface area contributed by atoms with E-state index >= 15 is 0 Å². The molecule has 0 aromatic heterocycles. The fourth-order valence-corrected chi connectivity index (χ4v) is 3.70. The standard InChI is InChI=1S/C19H27NO3/c1-19(15-21-2)8-9-20(14-19)17(18-13-22-10-11-23-18)12-16-6-4-3-5-7-16/h3-4,6,10-11,13,17H,5,7-9,12,14-15H2,1-2H3. The van der Waals surface area contributed by atoms with E-state index in [1.807, 2.05) is 0 Å². The average molecular weight is 317 g/mol. The van der Waals surface area contributed by atoms with Crippen LogP contribution < -0.4 is 0 Å². The van der Waals surface area contributed by atoms with Gasteiger partial charge in [-0.05, 0) is 32.2 Å². The topological polar surface area (TPSA) is 30.9 Å². The molecule has 4 nitrogen and oxygen atoms in total. The summed E-state index contributed by atoms with van der Waals surface area (Å²) in [7, 11) is 1.79. The van der Waals surface area contributed by atoms with Gasteiger partial charge in [0, 0.05) is 19.1 Å². The van der Waals surface area contributed by atoms with Crippen molar-refractivity contribution in [3.05, 3.63) is 48.3 Å². The highest BCUT2D eigenvalue weighted by Crippen LogP contribution is 2.35. The zero-order chi connectivity index (χ0) is 16.1. The lowest BCUT2D eigenvalue weighted by atomic mass is 9.91. The van der Waals surface area contributed by atoms with E-state index in [-0.39, 0.29) is 11.5 Å². The lowest BCUT2D eigenvalue weighted by molar-refractivity contribution is 0.0870. The predicted molar refractivity (Wildman–Crippen MR) is 90.4 cm³/mol. The summed E-state index contributed by atoms with van der Waals surface area (Å²) in [6, 6.07) is 0.233. The minimum absolute atomic E-state index is 0.222. The van der Waals surface area contributed by atoms with Gasteiger partial charge in [0.05, 0.1) is 12.6 Å². The first-order chi connectivity index (χ1) is 11.2. The van der Waals surface area contributed by atoms with Gasteiger partial charge in [-0.1, -0.05) is 30.7 Å². The molecule has 3 aliphatic rings. The summed E-state index contributed by atoms with van der Waals surface area (Å²) in [6.07, 6.45) is 16.0. The Morgan fingerprint density at radius 1 is 1.39 bits per heavy atom. The van der Waals surface area contributed by atoms with Crippen LogP contribution in [0.25, 0.3) is 0 Å². The Labute approximate surface area is 139 Å². The Balaban J connectivity index is 1.74. The summed E-state index contributed by atoms with van der Waals surface area (Å²) >= 11 is 0. The van der Waals surface area contributed by atoms with Gasteiger partial charge in [0.15, 0.2) is 5.76 Å². The quantitative estimate of drug-likeness (QED) is 0.747. The third-order valence-corrected chi connectivity index (χ3v) is 4.93. The van der Waals surface area contributed by atoms with Crippen molar-refractivity contribution in [1.82, 2.24) is 4.90 Å². The summed E-state index contributed by atoms with van der Waals surface area (Å²) < 4.78 is 16.5. The van der Waals surface area contributed by atoms with Crippen molar-refractivity contribution in [2.75, 3.05) is 26.8 Å². The largest absolute Gasteiger partial charge is 0.466 e. The normalized spacial score (nSPS) is 28.8. The van der Waals surface area contributed by atoms with Crippen LogP contribution in [-0.4, -0.2) is 37.7 Å². The number of likely N-dealkylation sites (tertiary alicyclic amines) is 1. The molecule has 2 atom stereocenters. The molecule has 126 valence electrons. The van der Waals surface area contributed by atoms with Gasteiger partial charge in [-0.3, -0.25) is 4.90 Å². The van der Waals surface area contributed by atoms with Gasteiger partial charge in [-0.2, -0.15) is 0 Å². The molecule has 0 aromatic carbocycles. The minimum Gasteiger partial charge on any atom is -0.466 e. The van der Waals surface area contributed by atoms with Crippen molar-refractivity contribution >= 4 is 0 Å². The van der Waals surface area contributed by atoms with Crippen LogP contribution in [0, 0.1) is 5.41 Å². The number of hydrogen-bond donors (Lipinski definition) is 0. The molecule has 23 heavy (non-hydrogen) atoms. The molecule has 1 aliphatic carbocycles. The van der Waals surface area contributed by atoms with E-state index in [4.69, 9.17) is 14.2 Å². The van der Waals surface area contributed by atoms with Crippen molar-refractivity contribution in [2.45, 2.75) is 38.6 Å². The van der Waals surface area contributed by atoms with E-state index in [2.05, 4.69) is 30.1 Å².